The third-order valence-corrected chi connectivity index (χ3v) is 16.9. The summed E-state index contributed by atoms with van der Waals surface area (Å²) >= 11 is 14.7. The number of anilines is 6. The van der Waals surface area contributed by atoms with Crippen molar-refractivity contribution in [2.75, 3.05) is 69.9 Å². The van der Waals surface area contributed by atoms with E-state index in [4.69, 9.17) is 63.3 Å². The number of hydrogen-bond acceptors (Lipinski definition) is 19. The minimum atomic E-state index is -4.36. The van der Waals surface area contributed by atoms with Crippen LogP contribution in [0, 0.1) is 0 Å². The van der Waals surface area contributed by atoms with E-state index >= 15 is 0 Å². The Bertz CT molecular complexity index is 3750. The van der Waals surface area contributed by atoms with E-state index in [-0.39, 0.29) is 70.6 Å². The van der Waals surface area contributed by atoms with Gasteiger partial charge in [0.15, 0.2) is 0 Å². The molecular formula is C60H52Cl3F6N15O10P+. The maximum atomic E-state index is 13.7. The number of aromatic nitrogens is 9. The number of ether oxygens (including phenoxy) is 3. The van der Waals surface area contributed by atoms with Gasteiger partial charge in [-0.1, -0.05) is 0 Å². The van der Waals surface area contributed by atoms with Gasteiger partial charge in [0, 0.05) is 125 Å². The monoisotopic (exact) mass is 1390 g/mol. The molecule has 0 saturated carbocycles. The van der Waals surface area contributed by atoms with Gasteiger partial charge in [-0.25, -0.2) is 15.0 Å². The minimum absolute atomic E-state index is 0.145. The Kier molecular flexibility index (Phi) is 19.1. The van der Waals surface area contributed by atoms with Crippen molar-refractivity contribution in [2.45, 2.75) is 54.3 Å². The fraction of sp³-hybridized carbons (Fsp3) is 0.250. The number of pyridine rings is 3. The summed E-state index contributed by atoms with van der Waals surface area (Å²) in [6.07, 6.45) is 7.61. The van der Waals surface area contributed by atoms with E-state index in [1.807, 2.05) is 14.7 Å². The van der Waals surface area contributed by atoms with E-state index in [1.165, 1.54) is 110 Å². The summed E-state index contributed by atoms with van der Waals surface area (Å²) in [5, 5.41) is 29.3. The van der Waals surface area contributed by atoms with Crippen LogP contribution in [0.4, 0.5) is 60.9 Å². The number of alkyl halides is 9. The first kappa shape index (κ1) is 65.7. The van der Waals surface area contributed by atoms with Crippen LogP contribution in [0.3, 0.4) is 0 Å². The highest BCUT2D eigenvalue weighted by Gasteiger charge is 2.55. The molecule has 3 saturated heterocycles. The van der Waals surface area contributed by atoms with Crippen LogP contribution in [-0.4, -0.2) is 142 Å². The largest absolute Gasteiger partial charge is 0.573 e. The van der Waals surface area contributed by atoms with E-state index < -0.39 is 60.9 Å². The van der Waals surface area contributed by atoms with Crippen molar-refractivity contribution in [2.24, 2.45) is 0 Å². The second kappa shape index (κ2) is 27.6. The Morgan fingerprint density at radius 2 is 0.737 bits per heavy atom. The van der Waals surface area contributed by atoms with Crippen molar-refractivity contribution in [1.82, 2.24) is 45.5 Å². The Morgan fingerprint density at radius 3 is 0.979 bits per heavy atom. The van der Waals surface area contributed by atoms with Gasteiger partial charge >= 0.3 is 24.9 Å². The molecule has 25 nitrogen and oxygen atoms in total. The molecule has 3 amide bonds. The standard InChI is InChI=1S/C60H51Cl3F6N15O10P/c61-58(64,65)89-40-7-1-37(2-8-40)76-55(85)34-25-46(49-13-19-73-79-49)52(70-28-34)82-22-16-43(31-82)92-95(88,93-44-17-23-83(32-44)53-47(50-14-20-74-80-50)26-35(29-71-53)56(86)77-38-3-9-41(10-4-38)90-59(62,66)67)94-45-18-24-84(33-45)54-48(51-15-21-75-81-51)27-36(30-72-54)57(87)78-39-5-11-42(12-6-39)91-60(63,68)69/h1-15,19-21,25-30,43-45,88H,16-18,22-24,31-33H2,(H5-,73,74,75,76,77,78,79,80,81,85,86,87)/p+1/t43-,44-,45-/m1/s1. The van der Waals surface area contributed by atoms with Crippen LogP contribution in [-0.2, 0) is 13.6 Å². The summed E-state index contributed by atoms with van der Waals surface area (Å²) in [4.78, 5) is 73.9. The van der Waals surface area contributed by atoms with Gasteiger partial charge in [-0.3, -0.25) is 29.7 Å². The minimum Gasteiger partial charge on any atom is -0.420 e. The molecule has 6 aromatic heterocycles. The number of nitrogens with zero attached hydrogens (tertiary/aromatic N) is 9. The van der Waals surface area contributed by atoms with Gasteiger partial charge in [-0.15, -0.1) is 39.9 Å². The molecular weight excluding hydrogens is 1340 g/mol. The lowest BCUT2D eigenvalue weighted by atomic mass is 10.1. The second-order valence-corrected chi connectivity index (χ2v) is 24.5. The van der Waals surface area contributed by atoms with Crippen LogP contribution in [0.2, 0.25) is 0 Å². The zero-order valence-electron chi connectivity index (χ0n) is 48.9. The number of aromatic amines is 3. The van der Waals surface area contributed by atoms with E-state index in [0.717, 1.165) is 0 Å². The van der Waals surface area contributed by atoms with Gasteiger partial charge in [0.25, 0.3) is 17.7 Å². The van der Waals surface area contributed by atoms with Gasteiger partial charge in [-0.2, -0.15) is 20.2 Å². The van der Waals surface area contributed by atoms with Gasteiger partial charge in [0.1, 0.15) is 53.0 Å². The molecule has 12 rings (SSSR count). The summed E-state index contributed by atoms with van der Waals surface area (Å²) in [5.41, 5.74) is -7.51. The third-order valence-electron chi connectivity index (χ3n) is 15.0. The van der Waals surface area contributed by atoms with Crippen LogP contribution >= 0.6 is 43.0 Å². The van der Waals surface area contributed by atoms with Gasteiger partial charge in [0.2, 0.25) is 0 Å². The van der Waals surface area contributed by atoms with Gasteiger partial charge in [-0.05, 0) is 128 Å². The summed E-state index contributed by atoms with van der Waals surface area (Å²) in [6, 6.07) is 25.5. The molecule has 9 heterocycles. The second-order valence-electron chi connectivity index (χ2n) is 21.6. The van der Waals surface area contributed by atoms with Crippen molar-refractivity contribution in [3.05, 3.63) is 163 Å². The quantitative estimate of drug-likeness (QED) is 0.0168. The third kappa shape index (κ3) is 16.8. The molecule has 0 aliphatic carbocycles. The average molecular weight is 1390 g/mol. The molecule has 3 atom stereocenters. The number of amides is 3. The normalized spacial score (nSPS) is 16.9. The molecule has 3 aromatic carbocycles. The molecule has 494 valence electrons. The number of carbonyl (C=O) groups is 3. The average Bonchev–Trinajstić information content (AvgIpc) is 1.79. The van der Waals surface area contributed by atoms with Crippen molar-refractivity contribution in [3.8, 4) is 51.0 Å². The van der Waals surface area contributed by atoms with Crippen LogP contribution in [0.15, 0.2) is 146 Å². The molecule has 0 unspecified atom stereocenters. The molecule has 0 spiro atoms. The van der Waals surface area contributed by atoms with Gasteiger partial charge < -0.3 is 44.9 Å². The van der Waals surface area contributed by atoms with E-state index in [9.17, 15) is 45.6 Å². The number of halogens is 9. The molecule has 3 fully saturated rings. The van der Waals surface area contributed by atoms with Crippen LogP contribution in [0.25, 0.3) is 33.8 Å². The number of benzene rings is 3. The number of hydrogen-bond donors (Lipinski definition) is 7. The predicted molar refractivity (Wildman–Crippen MR) is 337 cm³/mol. The lowest BCUT2D eigenvalue weighted by molar-refractivity contribution is -0.0972. The lowest BCUT2D eigenvalue weighted by Gasteiger charge is -2.25. The Labute approximate surface area is 550 Å². The first-order valence-corrected chi connectivity index (χ1v) is 31.5. The predicted octanol–water partition coefficient (Wildman–Crippen LogP) is 12.2. The highest BCUT2D eigenvalue weighted by Crippen LogP contribution is 2.63. The van der Waals surface area contributed by atoms with Crippen molar-refractivity contribution < 1.29 is 73.4 Å². The Balaban J connectivity index is 0.779. The molecule has 0 radical (unpaired) electrons. The molecule has 0 bridgehead atoms. The summed E-state index contributed by atoms with van der Waals surface area (Å²) in [5.74, 6) is -1.05. The van der Waals surface area contributed by atoms with E-state index in [0.29, 0.717) is 90.1 Å². The lowest BCUT2D eigenvalue weighted by Crippen LogP contribution is -2.30. The van der Waals surface area contributed by atoms with Crippen LogP contribution in [0.1, 0.15) is 50.3 Å². The number of H-pyrrole nitrogens is 3. The van der Waals surface area contributed by atoms with E-state index in [1.54, 1.807) is 36.4 Å². The topological polar surface area (TPSA) is 297 Å². The zero-order valence-corrected chi connectivity index (χ0v) is 52.1. The fourth-order valence-corrected chi connectivity index (χ4v) is 12.9. The summed E-state index contributed by atoms with van der Waals surface area (Å²) in [6.45, 7) is 1.55. The molecule has 95 heavy (non-hydrogen) atoms. The highest BCUT2D eigenvalue weighted by atomic mass is 35.5. The first-order valence-electron chi connectivity index (χ1n) is 28.8. The number of nitrogens with one attached hydrogen (secondary N) is 6. The first-order chi connectivity index (χ1) is 45.4. The zero-order chi connectivity index (χ0) is 66.7. The van der Waals surface area contributed by atoms with Crippen molar-refractivity contribution in [3.63, 3.8) is 0 Å². The molecule has 3 aliphatic heterocycles. The summed E-state index contributed by atoms with van der Waals surface area (Å²) < 4.78 is 113. The maximum absolute atomic E-state index is 13.7. The van der Waals surface area contributed by atoms with E-state index in [2.05, 4.69) is 60.8 Å². The number of carbonyl (C=O) groups excluding carboxylic acids is 3. The maximum Gasteiger partial charge on any atom is 0.573 e. The van der Waals surface area contributed by atoms with Gasteiger partial charge in [0.05, 0.1) is 53.4 Å². The Morgan fingerprint density at radius 1 is 0.463 bits per heavy atom. The molecule has 35 heteroatoms. The summed E-state index contributed by atoms with van der Waals surface area (Å²) in [7, 11) is -4.36. The smallest absolute Gasteiger partial charge is 0.420 e. The Hall–Kier alpha value is -9.33. The fourth-order valence-electron chi connectivity index (χ4n) is 10.8. The highest BCUT2D eigenvalue weighted by molar-refractivity contribution is 7.55. The van der Waals surface area contributed by atoms with Crippen LogP contribution in [0.5, 0.6) is 17.2 Å². The van der Waals surface area contributed by atoms with Crippen molar-refractivity contribution >= 4 is 95.2 Å². The SMILES string of the molecule is O=C(Nc1ccc(OC(F)(F)Cl)cc1)c1cnc(N2CC[C@@H](O[P+](O)(O[C@@H]3CCN(c4ncc(C(=O)Nc5ccc(OC(F)(F)Cl)cc5)cc4-c4ccn[nH]4)C3)O[C@@H]3CCN(c4ncc(C(=O)Nc5ccc(OC(F)(F)Cl)cc5)cc4-c4ccn[nH]4)C3)C2)c(-c2ccn[nH]2)c1. The molecule has 3 aliphatic rings. The number of rotatable bonds is 24. The molecule has 7 N–H and O–H groups in total. The molecule has 9 aromatic rings. The van der Waals surface area contributed by atoms with Crippen LogP contribution < -0.4 is 44.9 Å². The van der Waals surface area contributed by atoms with Crippen molar-refractivity contribution in [1.29, 1.82) is 0 Å².